The second-order valence-electron chi connectivity index (χ2n) is 5.85. The van der Waals surface area contributed by atoms with Crippen LogP contribution < -0.4 is 0 Å². The summed E-state index contributed by atoms with van der Waals surface area (Å²) in [5, 5.41) is 0. The molecule has 0 saturated carbocycles. The third-order valence-electron chi connectivity index (χ3n) is 4.46. The van der Waals surface area contributed by atoms with Crippen molar-refractivity contribution >= 4 is 10.0 Å². The molecular formula is C15H20N2O2S. The lowest BCUT2D eigenvalue weighted by atomic mass is 9.72. The fourth-order valence-electron chi connectivity index (χ4n) is 3.33. The Morgan fingerprint density at radius 2 is 2.15 bits per heavy atom. The highest BCUT2D eigenvalue weighted by Crippen LogP contribution is 2.41. The fraction of sp³-hybridized carbons (Fsp3) is 0.533. The van der Waals surface area contributed by atoms with Crippen molar-refractivity contribution in [3.63, 3.8) is 0 Å². The van der Waals surface area contributed by atoms with Crippen LogP contribution in [0, 0.1) is 5.41 Å². The minimum absolute atomic E-state index is 0.155. The quantitative estimate of drug-likeness (QED) is 0.787. The van der Waals surface area contributed by atoms with E-state index in [1.807, 2.05) is 0 Å². The van der Waals surface area contributed by atoms with Gasteiger partial charge in [-0.15, -0.1) is 0 Å². The minimum atomic E-state index is -3.39. The van der Waals surface area contributed by atoms with Crippen LogP contribution in [0.3, 0.4) is 0 Å². The molecule has 1 aliphatic heterocycles. The number of aromatic nitrogens is 1. The van der Waals surface area contributed by atoms with Gasteiger partial charge < -0.3 is 0 Å². The molecular weight excluding hydrogens is 272 g/mol. The van der Waals surface area contributed by atoms with E-state index in [0.717, 1.165) is 32.1 Å². The number of piperidine rings is 1. The van der Waals surface area contributed by atoms with Gasteiger partial charge in [-0.1, -0.05) is 12.2 Å². The first-order chi connectivity index (χ1) is 9.62. The van der Waals surface area contributed by atoms with Crippen LogP contribution in [-0.2, 0) is 10.0 Å². The van der Waals surface area contributed by atoms with Crippen molar-refractivity contribution in [1.82, 2.24) is 9.29 Å². The van der Waals surface area contributed by atoms with Gasteiger partial charge in [-0.25, -0.2) is 8.42 Å². The predicted molar refractivity (Wildman–Crippen MR) is 77.7 cm³/mol. The van der Waals surface area contributed by atoms with Crippen LogP contribution in [0.1, 0.15) is 32.1 Å². The maximum atomic E-state index is 12.7. The molecule has 4 nitrogen and oxygen atoms in total. The molecule has 0 radical (unpaired) electrons. The molecule has 1 fully saturated rings. The number of rotatable bonds is 2. The molecule has 2 aliphatic rings. The van der Waals surface area contributed by atoms with Gasteiger partial charge in [0, 0.05) is 25.5 Å². The van der Waals surface area contributed by atoms with Crippen molar-refractivity contribution in [2.75, 3.05) is 13.1 Å². The normalized spacial score (nSPS) is 27.8. The summed E-state index contributed by atoms with van der Waals surface area (Å²) in [6.07, 6.45) is 12.7. The first-order valence-electron chi connectivity index (χ1n) is 7.18. The molecule has 108 valence electrons. The Hall–Kier alpha value is -1.20. The van der Waals surface area contributed by atoms with Crippen LogP contribution in [0.15, 0.2) is 41.6 Å². The van der Waals surface area contributed by atoms with Crippen molar-refractivity contribution in [1.29, 1.82) is 0 Å². The number of hydrogen-bond acceptors (Lipinski definition) is 3. The van der Waals surface area contributed by atoms with Gasteiger partial charge in [-0.3, -0.25) is 4.98 Å². The highest BCUT2D eigenvalue weighted by molar-refractivity contribution is 7.89. The first kappa shape index (κ1) is 13.8. The van der Waals surface area contributed by atoms with Crippen molar-refractivity contribution in [2.45, 2.75) is 37.0 Å². The van der Waals surface area contributed by atoms with E-state index in [-0.39, 0.29) is 5.41 Å². The molecule has 3 rings (SSSR count). The lowest BCUT2D eigenvalue weighted by molar-refractivity contribution is 0.132. The van der Waals surface area contributed by atoms with Crippen molar-refractivity contribution in [2.24, 2.45) is 5.41 Å². The van der Waals surface area contributed by atoms with E-state index in [2.05, 4.69) is 17.1 Å². The largest absolute Gasteiger partial charge is 0.263 e. The summed E-state index contributed by atoms with van der Waals surface area (Å²) >= 11 is 0. The monoisotopic (exact) mass is 292 g/mol. The van der Waals surface area contributed by atoms with Crippen LogP contribution in [0.25, 0.3) is 0 Å². The van der Waals surface area contributed by atoms with Crippen LogP contribution in [0.2, 0.25) is 0 Å². The maximum Gasteiger partial charge on any atom is 0.244 e. The summed E-state index contributed by atoms with van der Waals surface area (Å²) in [4.78, 5) is 4.24. The Kier molecular flexibility index (Phi) is 3.65. The Bertz CT molecular complexity index is 598. The molecule has 1 saturated heterocycles. The summed E-state index contributed by atoms with van der Waals surface area (Å²) in [6.45, 7) is 1.28. The summed E-state index contributed by atoms with van der Waals surface area (Å²) in [5.41, 5.74) is 0.155. The molecule has 1 aromatic heterocycles. The molecule has 0 aromatic carbocycles. The molecule has 1 aromatic rings. The van der Waals surface area contributed by atoms with E-state index >= 15 is 0 Å². The van der Waals surface area contributed by atoms with Gasteiger partial charge in [-0.2, -0.15) is 4.31 Å². The van der Waals surface area contributed by atoms with Gasteiger partial charge in [0.25, 0.3) is 0 Å². The Labute approximate surface area is 120 Å². The van der Waals surface area contributed by atoms with Gasteiger partial charge in [0.05, 0.1) is 0 Å². The molecule has 2 heterocycles. The smallest absolute Gasteiger partial charge is 0.244 e. The average molecular weight is 292 g/mol. The number of sulfonamides is 1. The second kappa shape index (κ2) is 5.30. The van der Waals surface area contributed by atoms with Crippen LogP contribution >= 0.6 is 0 Å². The molecule has 0 N–H and O–H groups in total. The topological polar surface area (TPSA) is 50.3 Å². The molecule has 0 bridgehead atoms. The van der Waals surface area contributed by atoms with Gasteiger partial charge in [0.15, 0.2) is 0 Å². The zero-order valence-electron chi connectivity index (χ0n) is 11.5. The summed E-state index contributed by atoms with van der Waals surface area (Å²) in [5.74, 6) is 0. The van der Waals surface area contributed by atoms with Gasteiger partial charge in [-0.05, 0) is 49.7 Å². The lowest BCUT2D eigenvalue weighted by Crippen LogP contribution is -2.46. The fourth-order valence-corrected chi connectivity index (χ4v) is 4.89. The van der Waals surface area contributed by atoms with E-state index in [9.17, 15) is 8.42 Å². The SMILES string of the molecule is O=S(=O)(c1cccnc1)N1CCCC2(CC=CCC2)C1. The zero-order chi connectivity index (χ0) is 14.1. The summed E-state index contributed by atoms with van der Waals surface area (Å²) in [6, 6.07) is 3.31. The predicted octanol–water partition coefficient (Wildman–Crippen LogP) is 2.59. The highest BCUT2D eigenvalue weighted by atomic mass is 32.2. The van der Waals surface area contributed by atoms with Gasteiger partial charge in [0.2, 0.25) is 10.0 Å². The average Bonchev–Trinajstić information content (AvgIpc) is 2.49. The summed E-state index contributed by atoms with van der Waals surface area (Å²) in [7, 11) is -3.39. The maximum absolute atomic E-state index is 12.7. The van der Waals surface area contributed by atoms with Crippen molar-refractivity contribution in [3.05, 3.63) is 36.7 Å². The first-order valence-corrected chi connectivity index (χ1v) is 8.62. The van der Waals surface area contributed by atoms with E-state index < -0.39 is 10.0 Å². The molecule has 1 unspecified atom stereocenters. The molecule has 5 heteroatoms. The lowest BCUT2D eigenvalue weighted by Gasteiger charge is -2.43. The Morgan fingerprint density at radius 3 is 2.85 bits per heavy atom. The third-order valence-corrected chi connectivity index (χ3v) is 6.29. The van der Waals surface area contributed by atoms with E-state index in [0.29, 0.717) is 18.0 Å². The molecule has 1 spiro atoms. The number of hydrogen-bond donors (Lipinski definition) is 0. The van der Waals surface area contributed by atoms with E-state index in [1.165, 1.54) is 6.20 Å². The van der Waals surface area contributed by atoms with E-state index in [1.54, 1.807) is 22.6 Å². The third kappa shape index (κ3) is 2.52. The molecule has 20 heavy (non-hydrogen) atoms. The minimum Gasteiger partial charge on any atom is -0.263 e. The standard InChI is InChI=1S/C15H20N2O2S/c18-20(19,14-6-4-10-16-12-14)17-11-5-9-15(13-17)7-2-1-3-8-15/h1-2,4,6,10,12H,3,5,7-9,11,13H2. The van der Waals surface area contributed by atoms with Crippen molar-refractivity contribution < 1.29 is 8.42 Å². The zero-order valence-corrected chi connectivity index (χ0v) is 12.3. The van der Waals surface area contributed by atoms with Crippen molar-refractivity contribution in [3.8, 4) is 0 Å². The number of pyridine rings is 1. The summed E-state index contributed by atoms with van der Waals surface area (Å²) < 4.78 is 27.0. The van der Waals surface area contributed by atoms with E-state index in [4.69, 9.17) is 0 Å². The number of nitrogens with zero attached hydrogens (tertiary/aromatic N) is 2. The molecule has 1 aliphatic carbocycles. The van der Waals surface area contributed by atoms with Gasteiger partial charge >= 0.3 is 0 Å². The molecule has 0 amide bonds. The molecule has 1 atom stereocenters. The number of allylic oxidation sites excluding steroid dienone is 2. The van der Waals surface area contributed by atoms with Crippen LogP contribution in [0.4, 0.5) is 0 Å². The Balaban J connectivity index is 1.85. The second-order valence-corrected chi connectivity index (χ2v) is 7.78. The highest BCUT2D eigenvalue weighted by Gasteiger charge is 2.39. The van der Waals surface area contributed by atoms with Crippen LogP contribution in [0.5, 0.6) is 0 Å². The van der Waals surface area contributed by atoms with Crippen LogP contribution in [-0.4, -0.2) is 30.8 Å². The Morgan fingerprint density at radius 1 is 1.25 bits per heavy atom. The van der Waals surface area contributed by atoms with Gasteiger partial charge in [0.1, 0.15) is 4.90 Å².